The first-order chi connectivity index (χ1) is 15.2. The number of amides is 1. The number of nitrogens with zero attached hydrogens (tertiary/aromatic N) is 1. The molecule has 2 aromatic carbocycles. The Balaban J connectivity index is 1.31. The maximum Gasteiger partial charge on any atom is 0.223 e. The molecule has 1 aliphatic heterocycles. The highest BCUT2D eigenvalue weighted by Crippen LogP contribution is 2.28. The second-order valence-electron chi connectivity index (χ2n) is 8.79. The molecule has 5 nitrogen and oxygen atoms in total. The number of carbonyl (C=O) groups is 1. The van der Waals surface area contributed by atoms with E-state index >= 15 is 0 Å². The lowest BCUT2D eigenvalue weighted by Crippen LogP contribution is -2.43. The van der Waals surface area contributed by atoms with E-state index in [4.69, 9.17) is 23.2 Å². The van der Waals surface area contributed by atoms with E-state index in [1.54, 1.807) is 18.2 Å². The Bertz CT molecular complexity index is 1110. The smallest absolute Gasteiger partial charge is 0.223 e. The van der Waals surface area contributed by atoms with Crippen molar-refractivity contribution >= 4 is 39.1 Å². The molecule has 2 aromatic rings. The first kappa shape index (κ1) is 23.6. The van der Waals surface area contributed by atoms with Crippen LogP contribution in [0.4, 0.5) is 0 Å². The van der Waals surface area contributed by atoms with Gasteiger partial charge >= 0.3 is 0 Å². The fourth-order valence-electron chi connectivity index (χ4n) is 4.60. The molecule has 1 saturated heterocycles. The van der Waals surface area contributed by atoms with Gasteiger partial charge in [-0.05, 0) is 73.4 Å². The van der Waals surface area contributed by atoms with Gasteiger partial charge in [-0.2, -0.15) is 0 Å². The summed E-state index contributed by atoms with van der Waals surface area (Å²) >= 11 is 11.9. The zero-order valence-corrected chi connectivity index (χ0v) is 20.4. The number of hydrogen-bond acceptors (Lipinski definition) is 3. The number of hydrogen-bond donors (Lipinski definition) is 1. The molecule has 32 heavy (non-hydrogen) atoms. The number of nitrogens with one attached hydrogen (secondary N) is 1. The van der Waals surface area contributed by atoms with E-state index in [-0.39, 0.29) is 23.6 Å². The Morgan fingerprint density at radius 2 is 1.78 bits per heavy atom. The number of rotatable bonds is 6. The minimum atomic E-state index is -3.49. The molecule has 1 amide bonds. The molecule has 0 saturated carbocycles. The fourth-order valence-corrected chi connectivity index (χ4v) is 6.47. The highest BCUT2D eigenvalue weighted by molar-refractivity contribution is 7.88. The zero-order chi connectivity index (χ0) is 22.9. The Labute approximate surface area is 200 Å². The number of benzene rings is 2. The van der Waals surface area contributed by atoms with Gasteiger partial charge in [0.2, 0.25) is 15.9 Å². The number of sulfonamides is 1. The van der Waals surface area contributed by atoms with Crippen LogP contribution in [0.1, 0.15) is 54.5 Å². The third-order valence-corrected chi connectivity index (χ3v) is 9.12. The molecule has 4 rings (SSSR count). The molecule has 1 fully saturated rings. The van der Waals surface area contributed by atoms with E-state index in [1.165, 1.54) is 21.9 Å². The van der Waals surface area contributed by atoms with Gasteiger partial charge in [0.05, 0.1) is 21.8 Å². The predicted octanol–water partition coefficient (Wildman–Crippen LogP) is 4.90. The van der Waals surface area contributed by atoms with Crippen LogP contribution in [0.5, 0.6) is 0 Å². The van der Waals surface area contributed by atoms with Crippen molar-refractivity contribution in [2.75, 3.05) is 13.1 Å². The van der Waals surface area contributed by atoms with Crippen molar-refractivity contribution < 1.29 is 13.2 Å². The monoisotopic (exact) mass is 494 g/mol. The molecule has 0 spiro atoms. The second-order valence-corrected chi connectivity index (χ2v) is 11.6. The minimum absolute atomic E-state index is 0.000436. The van der Waals surface area contributed by atoms with Crippen LogP contribution in [0.15, 0.2) is 36.4 Å². The highest BCUT2D eigenvalue weighted by atomic mass is 35.5. The summed E-state index contributed by atoms with van der Waals surface area (Å²) in [6, 6.07) is 11.3. The molecular weight excluding hydrogens is 467 g/mol. The van der Waals surface area contributed by atoms with Crippen molar-refractivity contribution in [2.24, 2.45) is 5.92 Å². The van der Waals surface area contributed by atoms with Crippen LogP contribution in [0.25, 0.3) is 0 Å². The summed E-state index contributed by atoms with van der Waals surface area (Å²) in [5.41, 5.74) is 4.54. The van der Waals surface area contributed by atoms with Crippen molar-refractivity contribution in [2.45, 2.75) is 50.8 Å². The van der Waals surface area contributed by atoms with E-state index in [1.807, 2.05) is 6.92 Å². The lowest BCUT2D eigenvalue weighted by atomic mass is 9.96. The molecule has 1 N–H and O–H groups in total. The summed E-state index contributed by atoms with van der Waals surface area (Å²) in [5.74, 6) is -0.307. The van der Waals surface area contributed by atoms with Crippen molar-refractivity contribution in [1.82, 2.24) is 9.62 Å². The van der Waals surface area contributed by atoms with E-state index in [9.17, 15) is 13.2 Å². The molecule has 0 aromatic heterocycles. The molecule has 8 heteroatoms. The Hall–Kier alpha value is -1.60. The molecule has 0 radical (unpaired) electrons. The first-order valence-electron chi connectivity index (χ1n) is 11.1. The number of piperidine rings is 1. The average Bonchev–Trinajstić information content (AvgIpc) is 3.24. The molecule has 0 unspecified atom stereocenters. The van der Waals surface area contributed by atoms with E-state index in [0.29, 0.717) is 41.5 Å². The van der Waals surface area contributed by atoms with Gasteiger partial charge in [-0.3, -0.25) is 4.79 Å². The average molecular weight is 495 g/mol. The SMILES string of the molecule is C[C@@H](NC(=O)C1CCN(S(=O)(=O)Cc2ccc(Cl)c(Cl)c2)CC1)c1ccc2c(c1)CCC2. The quantitative estimate of drug-likeness (QED) is 0.620. The van der Waals surface area contributed by atoms with E-state index < -0.39 is 10.0 Å². The summed E-state index contributed by atoms with van der Waals surface area (Å²) in [4.78, 5) is 12.8. The standard InChI is InChI=1S/C24H28Cl2N2O3S/c1-16(20-7-6-18-3-2-4-21(18)14-20)27-24(29)19-9-11-28(12-10-19)32(30,31)15-17-5-8-22(25)23(26)13-17/h5-8,13-14,16,19H,2-4,9-12,15H2,1H3,(H,27,29)/t16-/m1/s1. The number of fused-ring (bicyclic) bond motifs is 1. The number of aryl methyl sites for hydroxylation is 2. The number of halogens is 2. The summed E-state index contributed by atoms with van der Waals surface area (Å²) < 4.78 is 27.1. The van der Waals surface area contributed by atoms with Crippen LogP contribution in [0.3, 0.4) is 0 Å². The van der Waals surface area contributed by atoms with Gasteiger partial charge in [-0.25, -0.2) is 12.7 Å². The lowest BCUT2D eigenvalue weighted by molar-refractivity contribution is -0.126. The van der Waals surface area contributed by atoms with E-state index in [0.717, 1.165) is 18.4 Å². The normalized spacial score (nSPS) is 18.3. The van der Waals surface area contributed by atoms with Crippen LogP contribution in [0, 0.1) is 5.92 Å². The Kier molecular flexibility index (Phi) is 7.15. The van der Waals surface area contributed by atoms with Crippen LogP contribution in [-0.4, -0.2) is 31.7 Å². The topological polar surface area (TPSA) is 66.5 Å². The second kappa shape index (κ2) is 9.72. The van der Waals surface area contributed by atoms with Crippen LogP contribution in [-0.2, 0) is 33.4 Å². The zero-order valence-electron chi connectivity index (χ0n) is 18.1. The van der Waals surface area contributed by atoms with Crippen molar-refractivity contribution in [3.05, 3.63) is 68.7 Å². The summed E-state index contributed by atoms with van der Waals surface area (Å²) in [5, 5.41) is 3.86. The van der Waals surface area contributed by atoms with Gasteiger partial charge in [0.15, 0.2) is 0 Å². The maximum atomic E-state index is 12.8. The molecule has 1 aliphatic carbocycles. The fraction of sp³-hybridized carbons (Fsp3) is 0.458. The van der Waals surface area contributed by atoms with Gasteiger partial charge in [-0.1, -0.05) is 47.5 Å². The molecule has 172 valence electrons. The van der Waals surface area contributed by atoms with E-state index in [2.05, 4.69) is 23.5 Å². The Morgan fingerprint density at radius 3 is 2.50 bits per heavy atom. The van der Waals surface area contributed by atoms with Crippen LogP contribution in [0.2, 0.25) is 10.0 Å². The Morgan fingerprint density at radius 1 is 1.06 bits per heavy atom. The summed E-state index contributed by atoms with van der Waals surface area (Å²) in [6.07, 6.45) is 4.49. The van der Waals surface area contributed by atoms with Gasteiger partial charge in [0, 0.05) is 19.0 Å². The van der Waals surface area contributed by atoms with Crippen molar-refractivity contribution in [3.63, 3.8) is 0 Å². The molecule has 2 aliphatic rings. The molecule has 0 bridgehead atoms. The first-order valence-corrected chi connectivity index (χ1v) is 13.4. The third-order valence-electron chi connectivity index (χ3n) is 6.53. The summed E-state index contributed by atoms with van der Waals surface area (Å²) in [6.45, 7) is 2.69. The maximum absolute atomic E-state index is 12.8. The van der Waals surface area contributed by atoms with Gasteiger partial charge in [-0.15, -0.1) is 0 Å². The van der Waals surface area contributed by atoms with Crippen molar-refractivity contribution in [3.8, 4) is 0 Å². The molecule has 1 heterocycles. The van der Waals surface area contributed by atoms with Crippen molar-refractivity contribution in [1.29, 1.82) is 0 Å². The predicted molar refractivity (Wildman–Crippen MR) is 128 cm³/mol. The molecular formula is C24H28Cl2N2O3S. The van der Waals surface area contributed by atoms with Gasteiger partial charge in [0.25, 0.3) is 0 Å². The number of carbonyl (C=O) groups excluding carboxylic acids is 1. The van der Waals surface area contributed by atoms with Gasteiger partial charge in [0.1, 0.15) is 0 Å². The minimum Gasteiger partial charge on any atom is -0.349 e. The largest absolute Gasteiger partial charge is 0.349 e. The highest BCUT2D eigenvalue weighted by Gasteiger charge is 2.31. The molecule has 1 atom stereocenters. The van der Waals surface area contributed by atoms with Crippen LogP contribution < -0.4 is 5.32 Å². The van der Waals surface area contributed by atoms with Crippen LogP contribution >= 0.6 is 23.2 Å². The lowest BCUT2D eigenvalue weighted by Gasteiger charge is -2.31. The summed E-state index contributed by atoms with van der Waals surface area (Å²) in [7, 11) is -3.49. The van der Waals surface area contributed by atoms with Gasteiger partial charge < -0.3 is 5.32 Å². The third kappa shape index (κ3) is 5.30.